The van der Waals surface area contributed by atoms with Crippen molar-refractivity contribution in [3.8, 4) is 23.0 Å². The molecular formula is C24H22N2O3. The molecular weight excluding hydrogens is 364 g/mol. The number of nitrogens with zero attached hydrogens (tertiary/aromatic N) is 2. The van der Waals surface area contributed by atoms with Gasteiger partial charge in [0, 0.05) is 17.3 Å². The van der Waals surface area contributed by atoms with Crippen LogP contribution in [0.4, 0.5) is 5.69 Å². The van der Waals surface area contributed by atoms with E-state index in [1.165, 1.54) is 0 Å². The van der Waals surface area contributed by atoms with Crippen molar-refractivity contribution < 1.29 is 14.3 Å². The van der Waals surface area contributed by atoms with Crippen LogP contribution >= 0.6 is 0 Å². The zero-order valence-corrected chi connectivity index (χ0v) is 16.6. The number of hydrogen-bond donors (Lipinski definition) is 1. The zero-order valence-electron chi connectivity index (χ0n) is 16.6. The summed E-state index contributed by atoms with van der Waals surface area (Å²) in [4.78, 5) is 9.17. The monoisotopic (exact) mass is 386 g/mol. The Hall–Kier alpha value is -3.60. The Morgan fingerprint density at radius 3 is 2.79 bits per heavy atom. The molecule has 5 nitrogen and oxygen atoms in total. The summed E-state index contributed by atoms with van der Waals surface area (Å²) in [5, 5.41) is 10.4. The number of aliphatic imine (C=N–C) groups is 1. The molecule has 29 heavy (non-hydrogen) atoms. The van der Waals surface area contributed by atoms with Crippen LogP contribution in [0.5, 0.6) is 11.5 Å². The third-order valence-corrected chi connectivity index (χ3v) is 4.67. The van der Waals surface area contributed by atoms with Gasteiger partial charge in [0.1, 0.15) is 5.52 Å². The minimum Gasteiger partial charge on any atom is -0.504 e. The van der Waals surface area contributed by atoms with E-state index in [0.29, 0.717) is 23.8 Å². The summed E-state index contributed by atoms with van der Waals surface area (Å²) >= 11 is 0. The lowest BCUT2D eigenvalue weighted by molar-refractivity contribution is 0.318. The molecule has 146 valence electrons. The minimum absolute atomic E-state index is 0.0845. The van der Waals surface area contributed by atoms with Crippen molar-refractivity contribution >= 4 is 23.0 Å². The molecule has 3 aromatic carbocycles. The number of benzene rings is 3. The first-order valence-corrected chi connectivity index (χ1v) is 9.52. The van der Waals surface area contributed by atoms with Gasteiger partial charge in [0.05, 0.1) is 12.3 Å². The molecule has 0 unspecified atom stereocenters. The molecule has 4 aromatic rings. The van der Waals surface area contributed by atoms with Gasteiger partial charge in [-0.15, -0.1) is 0 Å². The fraction of sp³-hybridized carbons (Fsp3) is 0.167. The topological polar surface area (TPSA) is 67.9 Å². The molecule has 0 amide bonds. The fourth-order valence-corrected chi connectivity index (χ4v) is 3.09. The number of para-hydroxylation sites is 1. The van der Waals surface area contributed by atoms with Crippen molar-refractivity contribution in [2.24, 2.45) is 4.99 Å². The highest BCUT2D eigenvalue weighted by Crippen LogP contribution is 2.31. The van der Waals surface area contributed by atoms with Crippen LogP contribution in [0.25, 0.3) is 22.6 Å². The van der Waals surface area contributed by atoms with Gasteiger partial charge in [-0.2, -0.15) is 0 Å². The van der Waals surface area contributed by atoms with E-state index < -0.39 is 0 Å². The molecule has 5 heteroatoms. The number of ether oxygens (including phenoxy) is 1. The van der Waals surface area contributed by atoms with Crippen LogP contribution in [0.15, 0.2) is 64.0 Å². The number of oxazole rings is 1. The number of aryl methyl sites for hydroxylation is 2. The molecule has 0 spiro atoms. The molecule has 0 radical (unpaired) electrons. The minimum atomic E-state index is 0.0845. The lowest BCUT2D eigenvalue weighted by Gasteiger charge is -2.07. The summed E-state index contributed by atoms with van der Waals surface area (Å²) in [6.07, 6.45) is 1.64. The summed E-state index contributed by atoms with van der Waals surface area (Å²) in [6, 6.07) is 17.2. The number of aromatic nitrogens is 1. The molecule has 0 aliphatic rings. The maximum absolute atomic E-state index is 10.4. The summed E-state index contributed by atoms with van der Waals surface area (Å²) < 4.78 is 11.4. The van der Waals surface area contributed by atoms with Crippen molar-refractivity contribution in [1.82, 2.24) is 4.98 Å². The van der Waals surface area contributed by atoms with Crippen LogP contribution < -0.4 is 4.74 Å². The van der Waals surface area contributed by atoms with Gasteiger partial charge in [-0.3, -0.25) is 4.99 Å². The van der Waals surface area contributed by atoms with E-state index in [4.69, 9.17) is 9.15 Å². The van der Waals surface area contributed by atoms with E-state index in [2.05, 4.69) is 9.98 Å². The number of phenols is 1. The van der Waals surface area contributed by atoms with E-state index in [1.807, 2.05) is 63.2 Å². The van der Waals surface area contributed by atoms with Gasteiger partial charge in [0.2, 0.25) is 5.89 Å². The average Bonchev–Trinajstić information content (AvgIpc) is 3.13. The summed E-state index contributed by atoms with van der Waals surface area (Å²) in [7, 11) is 0. The van der Waals surface area contributed by atoms with Crippen LogP contribution in [0.1, 0.15) is 23.6 Å². The molecule has 0 aliphatic carbocycles. The predicted octanol–water partition coefficient (Wildman–Crippen LogP) is 5.97. The summed E-state index contributed by atoms with van der Waals surface area (Å²) in [5.74, 6) is 1.09. The first-order chi connectivity index (χ1) is 14.0. The van der Waals surface area contributed by atoms with Crippen LogP contribution in [0, 0.1) is 13.8 Å². The normalized spacial score (nSPS) is 11.4. The molecule has 4 rings (SSSR count). The van der Waals surface area contributed by atoms with Crippen LogP contribution in [-0.2, 0) is 0 Å². The van der Waals surface area contributed by atoms with Crippen LogP contribution in [0.3, 0.4) is 0 Å². The molecule has 1 N–H and O–H groups in total. The number of phenolic OH excluding ortho intramolecular Hbond substituents is 1. The Balaban J connectivity index is 1.68. The second kappa shape index (κ2) is 7.80. The molecule has 1 heterocycles. The van der Waals surface area contributed by atoms with E-state index in [9.17, 15) is 5.11 Å². The first-order valence-electron chi connectivity index (χ1n) is 9.52. The SMILES string of the molecule is CCOc1cccc(C=Nc2cc(-c3nc4ccc(C)cc4o3)ccc2C)c1O. The van der Waals surface area contributed by atoms with Gasteiger partial charge < -0.3 is 14.3 Å². The highest BCUT2D eigenvalue weighted by atomic mass is 16.5. The molecule has 0 fully saturated rings. The Labute approximate surface area is 169 Å². The molecule has 0 saturated heterocycles. The van der Waals surface area contributed by atoms with Crippen molar-refractivity contribution in [1.29, 1.82) is 0 Å². The third-order valence-electron chi connectivity index (χ3n) is 4.67. The maximum Gasteiger partial charge on any atom is 0.227 e. The van der Waals surface area contributed by atoms with Crippen molar-refractivity contribution in [3.63, 3.8) is 0 Å². The standard InChI is InChI=1S/C24H22N2O3/c1-4-28-21-7-5-6-18(23(21)27)14-25-20-13-17(10-9-16(20)3)24-26-19-11-8-15(2)12-22(19)29-24/h5-14,27H,4H2,1-3H3. The lowest BCUT2D eigenvalue weighted by Crippen LogP contribution is -1.93. The maximum atomic E-state index is 10.4. The highest BCUT2D eigenvalue weighted by Gasteiger charge is 2.11. The van der Waals surface area contributed by atoms with E-state index in [-0.39, 0.29) is 5.75 Å². The van der Waals surface area contributed by atoms with E-state index in [1.54, 1.807) is 18.3 Å². The second-order valence-electron chi connectivity index (χ2n) is 6.88. The third kappa shape index (κ3) is 3.85. The molecule has 0 atom stereocenters. The summed E-state index contributed by atoms with van der Waals surface area (Å²) in [5.41, 5.74) is 5.96. The Bertz CT molecular complexity index is 1210. The van der Waals surface area contributed by atoms with E-state index in [0.717, 1.165) is 33.5 Å². The lowest BCUT2D eigenvalue weighted by atomic mass is 10.1. The Morgan fingerprint density at radius 1 is 1.10 bits per heavy atom. The number of hydrogen-bond acceptors (Lipinski definition) is 5. The van der Waals surface area contributed by atoms with Crippen LogP contribution in [-0.4, -0.2) is 22.9 Å². The van der Waals surface area contributed by atoms with Crippen molar-refractivity contribution in [2.45, 2.75) is 20.8 Å². The van der Waals surface area contributed by atoms with Crippen molar-refractivity contribution in [2.75, 3.05) is 6.61 Å². The van der Waals surface area contributed by atoms with Gasteiger partial charge >= 0.3 is 0 Å². The smallest absolute Gasteiger partial charge is 0.227 e. The predicted molar refractivity (Wildman–Crippen MR) is 115 cm³/mol. The molecule has 1 aromatic heterocycles. The van der Waals surface area contributed by atoms with Crippen molar-refractivity contribution in [3.05, 3.63) is 71.3 Å². The molecule has 0 bridgehead atoms. The van der Waals surface area contributed by atoms with Gasteiger partial charge in [0.15, 0.2) is 17.1 Å². The van der Waals surface area contributed by atoms with Gasteiger partial charge in [0.25, 0.3) is 0 Å². The largest absolute Gasteiger partial charge is 0.504 e. The number of rotatable bonds is 5. The zero-order chi connectivity index (χ0) is 20.4. The van der Waals surface area contributed by atoms with Gasteiger partial charge in [-0.1, -0.05) is 18.2 Å². The first kappa shape index (κ1) is 18.7. The molecule has 0 saturated carbocycles. The summed E-state index contributed by atoms with van der Waals surface area (Å²) in [6.45, 7) is 6.38. The quantitative estimate of drug-likeness (QED) is 0.429. The Morgan fingerprint density at radius 2 is 1.97 bits per heavy atom. The van der Waals surface area contributed by atoms with E-state index >= 15 is 0 Å². The fourth-order valence-electron chi connectivity index (χ4n) is 3.09. The van der Waals surface area contributed by atoms with Gasteiger partial charge in [-0.25, -0.2) is 4.98 Å². The molecule has 0 aliphatic heterocycles. The average molecular weight is 386 g/mol. The second-order valence-corrected chi connectivity index (χ2v) is 6.88. The number of fused-ring (bicyclic) bond motifs is 1. The van der Waals surface area contributed by atoms with Crippen LogP contribution in [0.2, 0.25) is 0 Å². The highest BCUT2D eigenvalue weighted by molar-refractivity contribution is 5.87. The Kier molecular flexibility index (Phi) is 5.04. The van der Waals surface area contributed by atoms with Gasteiger partial charge in [-0.05, 0) is 68.3 Å². The number of aromatic hydroxyl groups is 1.